The number of carbonyl (C=O) groups excluding carboxylic acids is 1. The molecule has 15 rings (SSSR count). The fraction of sp³-hybridized carbons (Fsp3) is 0.889. The van der Waals surface area contributed by atoms with Gasteiger partial charge >= 0.3 is 5.97 Å². The lowest BCUT2D eigenvalue weighted by atomic mass is 9.32. The minimum absolute atomic E-state index is 0.0667. The van der Waals surface area contributed by atoms with E-state index >= 15 is 0 Å². The molecule has 0 radical (unpaired) electrons. The number of allylic oxidation sites excluding steroid dienone is 2. The summed E-state index contributed by atoms with van der Waals surface area (Å²) in [4.78, 5) is 11.7. The fourth-order valence-electron chi connectivity index (χ4n) is 35.8. The van der Waals surface area contributed by atoms with Crippen molar-refractivity contribution in [1.82, 2.24) is 0 Å². The molecule has 0 amide bonds. The molecule has 0 saturated heterocycles. The maximum Gasteiger partial charge on any atom is 0.302 e. The standard InChI is InChI=1S/C35H56O5.C33H54O4.C31H52O3/c1-22(2)40-21-35-16-11-25(23(3)19-39-24(4)37)30(35)26-9-10-28-31(5)14-13-29(38)32(6,20-36)27(31)12-15-34(28,8)33(26,7)17-18-35;1-21(2)37-20-33-15-10-23(22(3)18-34)28(33)24-8-9-26-29(4)13-12-27(36)30(5,19-35)25(29)11-14-32(26,7)31(24,6)16-17-33;1-7-31-15-10-21(20(2)18-32)26(31)22-8-9-24-27(3)13-12-25(34)28(4,19-33)23(27)11-14-30(24,6)29(22,5)16-17-31/h25-30,36,38H,1,3,9-21H2,2,4-8H3;23-28,34-36H,1,3,8-20H2,2,4-7H3;21-26,32-34H,2,7-19H2,1,3-6H3/t25-,26?,27+,28?,29-,30?,31-,32-,33+,34+,35+;23-,24?,25+,26?,27-,28?,29-,30-,31+,32+,33+;21-,22?,23+,24?,25-,26?,27-,28-,29+,30+,31+/m000/s1. The molecule has 12 nitrogen and oxygen atoms in total. The number of fused-ring (bicyclic) bond motifs is 21. The van der Waals surface area contributed by atoms with Gasteiger partial charge in [-0.05, 0) is 366 Å². The number of hydrogen-bond acceptors (Lipinski definition) is 12. The molecule has 0 heterocycles. The van der Waals surface area contributed by atoms with Gasteiger partial charge in [0.2, 0.25) is 0 Å². The normalized spacial score (nSPS) is 52.9. The quantitative estimate of drug-likeness (QED) is 0.0389. The molecule has 0 aromatic rings. The summed E-state index contributed by atoms with van der Waals surface area (Å²) in [6, 6.07) is 0. The van der Waals surface area contributed by atoms with Crippen molar-refractivity contribution < 1.29 is 59.9 Å². The van der Waals surface area contributed by atoms with Gasteiger partial charge < -0.3 is 55.1 Å². The van der Waals surface area contributed by atoms with Crippen molar-refractivity contribution in [3.63, 3.8) is 0 Å². The van der Waals surface area contributed by atoms with E-state index in [9.17, 15) is 45.6 Å². The second kappa shape index (κ2) is 30.0. The van der Waals surface area contributed by atoms with Gasteiger partial charge in [0.05, 0.1) is 76.1 Å². The number of hydrogen-bond donors (Lipinski definition) is 8. The van der Waals surface area contributed by atoms with Crippen molar-refractivity contribution in [3.05, 3.63) is 61.1 Å². The van der Waals surface area contributed by atoms with Crippen LogP contribution in [0.3, 0.4) is 0 Å². The van der Waals surface area contributed by atoms with Gasteiger partial charge in [0.15, 0.2) is 0 Å². The number of rotatable bonds is 17. The highest BCUT2D eigenvalue weighted by Gasteiger charge is 2.76. The van der Waals surface area contributed by atoms with Gasteiger partial charge in [0.25, 0.3) is 0 Å². The van der Waals surface area contributed by atoms with E-state index in [-0.39, 0.29) is 99.3 Å². The van der Waals surface area contributed by atoms with Crippen LogP contribution in [0.4, 0.5) is 0 Å². The first-order valence-corrected chi connectivity index (χ1v) is 45.8. The van der Waals surface area contributed by atoms with Crippen molar-refractivity contribution in [2.45, 2.75) is 328 Å². The Morgan fingerprint density at radius 2 is 0.631 bits per heavy atom. The third kappa shape index (κ3) is 12.5. The molecule has 33 atom stereocenters. The van der Waals surface area contributed by atoms with Crippen LogP contribution in [0.2, 0.25) is 0 Å². The number of esters is 1. The van der Waals surface area contributed by atoms with Crippen molar-refractivity contribution in [3.8, 4) is 0 Å². The lowest BCUT2D eigenvalue weighted by Crippen LogP contribution is -2.67. The molecule has 0 aromatic carbocycles. The first-order chi connectivity index (χ1) is 52.0. The molecule has 0 aromatic heterocycles. The minimum Gasteiger partial charge on any atom is -0.498 e. The van der Waals surface area contributed by atoms with Gasteiger partial charge in [-0.1, -0.05) is 129 Å². The van der Waals surface area contributed by atoms with Gasteiger partial charge in [0, 0.05) is 34.0 Å². The first-order valence-electron chi connectivity index (χ1n) is 45.8. The van der Waals surface area contributed by atoms with Gasteiger partial charge in [-0.15, -0.1) is 0 Å². The smallest absolute Gasteiger partial charge is 0.302 e. The van der Waals surface area contributed by atoms with E-state index in [1.165, 1.54) is 110 Å². The number of ether oxygens (including phenoxy) is 3. The highest BCUT2D eigenvalue weighted by Crippen LogP contribution is 2.82. The maximum absolute atomic E-state index is 11.7. The van der Waals surface area contributed by atoms with E-state index in [1.807, 2.05) is 13.8 Å². The zero-order valence-electron chi connectivity index (χ0n) is 73.2. The largest absolute Gasteiger partial charge is 0.498 e. The van der Waals surface area contributed by atoms with Crippen LogP contribution in [0, 0.1) is 170 Å². The van der Waals surface area contributed by atoms with Crippen molar-refractivity contribution in [2.75, 3.05) is 52.9 Å². The van der Waals surface area contributed by atoms with Crippen LogP contribution in [0.25, 0.3) is 0 Å². The summed E-state index contributed by atoms with van der Waals surface area (Å²) < 4.78 is 17.9. The molecule has 111 heavy (non-hydrogen) atoms. The average Bonchev–Trinajstić information content (AvgIpc) is 1.57. The summed E-state index contributed by atoms with van der Waals surface area (Å²) >= 11 is 0. The molecule has 0 aliphatic heterocycles. The summed E-state index contributed by atoms with van der Waals surface area (Å²) in [5.74, 6) is 9.06. The molecule has 15 saturated carbocycles. The van der Waals surface area contributed by atoms with Crippen LogP contribution >= 0.6 is 0 Å². The Morgan fingerprint density at radius 1 is 0.333 bits per heavy atom. The number of aliphatic hydroxyl groups is 8. The van der Waals surface area contributed by atoms with E-state index in [0.29, 0.717) is 106 Å². The zero-order valence-corrected chi connectivity index (χ0v) is 73.2. The van der Waals surface area contributed by atoms with E-state index in [4.69, 9.17) is 14.2 Å². The van der Waals surface area contributed by atoms with E-state index in [1.54, 1.807) is 0 Å². The van der Waals surface area contributed by atoms with Crippen LogP contribution in [-0.4, -0.2) is 118 Å². The lowest BCUT2D eigenvalue weighted by Gasteiger charge is -2.73. The maximum atomic E-state index is 11.7. The Balaban J connectivity index is 0.000000146. The second-order valence-electron chi connectivity index (χ2n) is 45.7. The molecule has 15 fully saturated rings. The van der Waals surface area contributed by atoms with Gasteiger partial charge in [-0.2, -0.15) is 0 Å². The highest BCUT2D eigenvalue weighted by molar-refractivity contribution is 5.66. The molecule has 630 valence electrons. The predicted octanol–water partition coefficient (Wildman–Crippen LogP) is 19.9. The van der Waals surface area contributed by atoms with Gasteiger partial charge in [-0.3, -0.25) is 4.79 Å². The zero-order chi connectivity index (χ0) is 81.1. The summed E-state index contributed by atoms with van der Waals surface area (Å²) in [5.41, 5.74) is 4.65. The third-order valence-electron chi connectivity index (χ3n) is 42.5. The van der Waals surface area contributed by atoms with Crippen LogP contribution in [0.5, 0.6) is 0 Å². The second-order valence-corrected chi connectivity index (χ2v) is 45.7. The molecule has 8 N–H and O–H groups in total. The molecule has 9 unspecified atom stereocenters. The van der Waals surface area contributed by atoms with Crippen molar-refractivity contribution >= 4 is 5.97 Å². The fourth-order valence-corrected chi connectivity index (χ4v) is 35.8. The molecular weight excluding hydrogens is 1380 g/mol. The Bertz CT molecular complexity index is 3490. The van der Waals surface area contributed by atoms with E-state index in [2.05, 4.69) is 123 Å². The summed E-state index contributed by atoms with van der Waals surface area (Å²) in [6.45, 7) is 61.2. The highest BCUT2D eigenvalue weighted by atomic mass is 16.5. The lowest BCUT2D eigenvalue weighted by molar-refractivity contribution is -0.255. The minimum atomic E-state index is -0.419. The molecule has 0 bridgehead atoms. The van der Waals surface area contributed by atoms with Crippen molar-refractivity contribution in [1.29, 1.82) is 0 Å². The van der Waals surface area contributed by atoms with Crippen molar-refractivity contribution in [2.24, 2.45) is 170 Å². The molecular formula is C99H162O12. The van der Waals surface area contributed by atoms with Crippen LogP contribution < -0.4 is 0 Å². The molecule has 15 aliphatic rings. The Labute approximate surface area is 674 Å². The van der Waals surface area contributed by atoms with Crippen LogP contribution in [0.1, 0.15) is 310 Å². The summed E-state index contributed by atoms with van der Waals surface area (Å²) in [7, 11) is 0. The van der Waals surface area contributed by atoms with Gasteiger partial charge in [-0.25, -0.2) is 0 Å². The predicted molar refractivity (Wildman–Crippen MR) is 445 cm³/mol. The Kier molecular flexibility index (Phi) is 23.3. The van der Waals surface area contributed by atoms with Gasteiger partial charge in [0.1, 0.15) is 6.61 Å². The monoisotopic (exact) mass is 1540 g/mol. The summed E-state index contributed by atoms with van der Waals surface area (Å²) in [5, 5.41) is 84.7. The van der Waals surface area contributed by atoms with Crippen LogP contribution in [-0.2, 0) is 19.0 Å². The first kappa shape index (κ1) is 86.3. The van der Waals surface area contributed by atoms with E-state index < -0.39 is 23.0 Å². The van der Waals surface area contributed by atoms with E-state index in [0.717, 1.165) is 144 Å². The molecule has 12 heteroatoms. The Hall–Kier alpha value is -2.55. The Morgan fingerprint density at radius 3 is 0.919 bits per heavy atom. The summed E-state index contributed by atoms with van der Waals surface area (Å²) in [6.07, 6.45) is 34.6. The average molecular weight is 1540 g/mol. The van der Waals surface area contributed by atoms with Crippen LogP contribution in [0.15, 0.2) is 61.1 Å². The third-order valence-corrected chi connectivity index (χ3v) is 42.5. The SMILES string of the molecule is C=C(C)OC[C@]12CC[C@@H](C(=C)CO)C1C1CCC3[C@@]4(C)CC[C@H](O)[C@@](C)(CO)[C@@H]4CC[C@@]3(C)[C@]1(C)CC2.C=C(C)OC[C@]12CC[C@@H](C(=C)COC(C)=O)C1C1CCC3[C@@]4(C)CC[C@H](O)[C@@](C)(CO)[C@@H]4CC[C@@]3(C)[C@]1(C)CC2.C=C(CO)[C@@H]1CC[C@]2(CC)CC[C@]3(C)C(CCC4[C@@]5(C)CC[C@H](O)[C@@](C)(CO)[C@@H]5CC[C@]43C)C12. The topological polar surface area (TPSA) is 207 Å². The number of carbonyl (C=O) groups is 1. The molecule has 15 aliphatic carbocycles. The number of aliphatic hydroxyl groups excluding tert-OH is 8. The molecule has 0 spiro atoms.